The number of benzene rings is 1. The van der Waals surface area contributed by atoms with E-state index in [1.165, 1.54) is 13.2 Å². The molecule has 0 radical (unpaired) electrons. The molecule has 0 saturated carbocycles. The number of nitro groups is 1. The van der Waals surface area contributed by atoms with Crippen molar-refractivity contribution in [3.63, 3.8) is 0 Å². The number of phenols is 1. The summed E-state index contributed by atoms with van der Waals surface area (Å²) >= 11 is 0. The lowest BCUT2D eigenvalue weighted by Gasteiger charge is -2.14. The number of nitro benzene ring substituents is 1. The number of amidine groups is 1. The Bertz CT molecular complexity index is 527. The van der Waals surface area contributed by atoms with E-state index in [2.05, 4.69) is 4.99 Å². The number of hydrogen-bond donors (Lipinski definition) is 1. The van der Waals surface area contributed by atoms with Gasteiger partial charge in [-0.3, -0.25) is 15.1 Å². The Balaban J connectivity index is 2.55. The Morgan fingerprint density at radius 2 is 2.28 bits per heavy atom. The highest BCUT2D eigenvalue weighted by Crippen LogP contribution is 2.37. The molecule has 0 atom stereocenters. The molecule has 1 heterocycles. The van der Waals surface area contributed by atoms with Crippen molar-refractivity contribution in [2.75, 3.05) is 27.2 Å². The number of nitrogens with zero attached hydrogens (tertiary/aromatic N) is 3. The van der Waals surface area contributed by atoms with Crippen LogP contribution in [-0.4, -0.2) is 48.0 Å². The number of likely N-dealkylation sites (N-methyl/N-ethyl adjacent to an activating group) is 1. The molecule has 1 N–H and O–H groups in total. The van der Waals surface area contributed by atoms with E-state index >= 15 is 0 Å². The molecule has 0 spiro atoms. The molecule has 7 nitrogen and oxygen atoms in total. The van der Waals surface area contributed by atoms with Gasteiger partial charge in [-0.15, -0.1) is 0 Å². The maximum absolute atomic E-state index is 10.9. The molecule has 2 rings (SSSR count). The van der Waals surface area contributed by atoms with Gasteiger partial charge in [0.2, 0.25) is 5.75 Å². The van der Waals surface area contributed by atoms with Crippen LogP contribution in [0.4, 0.5) is 5.69 Å². The first-order chi connectivity index (χ1) is 8.54. The van der Waals surface area contributed by atoms with Crippen LogP contribution >= 0.6 is 0 Å². The van der Waals surface area contributed by atoms with E-state index in [1.54, 1.807) is 6.07 Å². The van der Waals surface area contributed by atoms with Crippen LogP contribution in [0.3, 0.4) is 0 Å². The predicted octanol–water partition coefficient (Wildman–Crippen LogP) is 1.00. The zero-order chi connectivity index (χ0) is 13.3. The minimum Gasteiger partial charge on any atom is -0.500 e. The second-order valence-electron chi connectivity index (χ2n) is 3.93. The Morgan fingerprint density at radius 3 is 2.78 bits per heavy atom. The van der Waals surface area contributed by atoms with Crippen LogP contribution in [0.1, 0.15) is 5.56 Å². The topological polar surface area (TPSA) is 88.2 Å². The molecule has 0 amide bonds. The Labute approximate surface area is 103 Å². The van der Waals surface area contributed by atoms with E-state index in [0.717, 1.165) is 6.54 Å². The summed E-state index contributed by atoms with van der Waals surface area (Å²) in [6, 6.07) is 2.85. The van der Waals surface area contributed by atoms with Crippen LogP contribution < -0.4 is 4.74 Å². The summed E-state index contributed by atoms with van der Waals surface area (Å²) < 4.78 is 4.94. The highest BCUT2D eigenvalue weighted by atomic mass is 16.6. The molecule has 1 aromatic rings. The second-order valence-corrected chi connectivity index (χ2v) is 3.93. The maximum atomic E-state index is 10.9. The molecule has 1 aromatic carbocycles. The number of rotatable bonds is 3. The first kappa shape index (κ1) is 12.2. The van der Waals surface area contributed by atoms with Gasteiger partial charge in [0, 0.05) is 25.2 Å². The molecule has 96 valence electrons. The lowest BCUT2D eigenvalue weighted by molar-refractivity contribution is -0.386. The number of ether oxygens (including phenoxy) is 1. The average molecular weight is 251 g/mol. The highest BCUT2D eigenvalue weighted by Gasteiger charge is 2.24. The van der Waals surface area contributed by atoms with Gasteiger partial charge in [0.25, 0.3) is 0 Å². The fourth-order valence-corrected chi connectivity index (χ4v) is 1.86. The molecule has 0 aliphatic carbocycles. The largest absolute Gasteiger partial charge is 0.500 e. The monoisotopic (exact) mass is 251 g/mol. The van der Waals surface area contributed by atoms with Gasteiger partial charge in [-0.25, -0.2) is 0 Å². The van der Waals surface area contributed by atoms with Crippen molar-refractivity contribution in [2.45, 2.75) is 0 Å². The standard InChI is InChI=1S/C11H13N3O4/c1-13-4-3-12-11(13)7-5-8(14(16)17)10(15)9(6-7)18-2/h5-6,15H,3-4H2,1-2H3. The van der Waals surface area contributed by atoms with Crippen LogP contribution in [0.5, 0.6) is 11.5 Å². The summed E-state index contributed by atoms with van der Waals surface area (Å²) in [5.41, 5.74) is 0.184. The van der Waals surface area contributed by atoms with Crippen LogP contribution in [-0.2, 0) is 0 Å². The molecule has 0 fully saturated rings. The summed E-state index contributed by atoms with van der Waals surface area (Å²) in [4.78, 5) is 16.4. The first-order valence-corrected chi connectivity index (χ1v) is 5.36. The molecule has 18 heavy (non-hydrogen) atoms. The van der Waals surface area contributed by atoms with Crippen molar-refractivity contribution in [3.8, 4) is 11.5 Å². The molecule has 0 aromatic heterocycles. The van der Waals surface area contributed by atoms with Crippen molar-refractivity contribution >= 4 is 11.5 Å². The SMILES string of the molecule is COc1cc(C2=NCCN2C)cc([N+](=O)[O-])c1O. The normalized spacial score (nSPS) is 14.6. The van der Waals surface area contributed by atoms with Gasteiger partial charge in [-0.2, -0.15) is 0 Å². The molecule has 0 unspecified atom stereocenters. The van der Waals surface area contributed by atoms with Gasteiger partial charge in [-0.05, 0) is 6.07 Å². The summed E-state index contributed by atoms with van der Waals surface area (Å²) in [7, 11) is 3.21. The summed E-state index contributed by atoms with van der Waals surface area (Å²) in [5.74, 6) is 0.270. The van der Waals surface area contributed by atoms with Crippen molar-refractivity contribution < 1.29 is 14.8 Å². The van der Waals surface area contributed by atoms with Gasteiger partial charge in [-0.1, -0.05) is 0 Å². The van der Waals surface area contributed by atoms with Gasteiger partial charge in [0.05, 0.1) is 18.6 Å². The summed E-state index contributed by atoms with van der Waals surface area (Å²) in [6.07, 6.45) is 0. The van der Waals surface area contributed by atoms with Gasteiger partial charge < -0.3 is 14.7 Å². The molecule has 1 aliphatic rings. The number of aromatic hydroxyl groups is 1. The van der Waals surface area contributed by atoms with Crippen LogP contribution in [0.15, 0.2) is 17.1 Å². The number of methoxy groups -OCH3 is 1. The third-order valence-corrected chi connectivity index (χ3v) is 2.79. The number of aliphatic imine (C=N–C) groups is 1. The molecule has 0 bridgehead atoms. The third kappa shape index (κ3) is 1.94. The van der Waals surface area contributed by atoms with E-state index in [0.29, 0.717) is 17.9 Å². The number of hydrogen-bond acceptors (Lipinski definition) is 6. The smallest absolute Gasteiger partial charge is 0.315 e. The van der Waals surface area contributed by atoms with Crippen molar-refractivity contribution in [2.24, 2.45) is 4.99 Å². The zero-order valence-electron chi connectivity index (χ0n) is 10.1. The van der Waals surface area contributed by atoms with Gasteiger partial charge >= 0.3 is 5.69 Å². The van der Waals surface area contributed by atoms with Crippen LogP contribution in [0, 0.1) is 10.1 Å². The van der Waals surface area contributed by atoms with Gasteiger partial charge in [0.1, 0.15) is 5.84 Å². The fraction of sp³-hybridized carbons (Fsp3) is 0.364. The minimum absolute atomic E-state index is 0.0715. The van der Waals surface area contributed by atoms with E-state index in [9.17, 15) is 15.2 Å². The Morgan fingerprint density at radius 1 is 1.56 bits per heavy atom. The Kier molecular flexibility index (Phi) is 3.05. The molecule has 1 aliphatic heterocycles. The summed E-state index contributed by atoms with van der Waals surface area (Å²) in [5, 5.41) is 20.5. The van der Waals surface area contributed by atoms with Crippen molar-refractivity contribution in [3.05, 3.63) is 27.8 Å². The van der Waals surface area contributed by atoms with Crippen LogP contribution in [0.2, 0.25) is 0 Å². The quantitative estimate of drug-likeness (QED) is 0.639. The highest BCUT2D eigenvalue weighted by molar-refractivity contribution is 6.01. The second kappa shape index (κ2) is 4.52. The van der Waals surface area contributed by atoms with E-state index in [1.807, 2.05) is 11.9 Å². The fourth-order valence-electron chi connectivity index (χ4n) is 1.86. The lowest BCUT2D eigenvalue weighted by atomic mass is 10.1. The lowest BCUT2D eigenvalue weighted by Crippen LogP contribution is -2.23. The Hall–Kier alpha value is -2.31. The first-order valence-electron chi connectivity index (χ1n) is 5.36. The van der Waals surface area contributed by atoms with E-state index < -0.39 is 10.7 Å². The van der Waals surface area contributed by atoms with Crippen molar-refractivity contribution in [1.82, 2.24) is 4.90 Å². The summed E-state index contributed by atoms with van der Waals surface area (Å²) in [6.45, 7) is 1.43. The maximum Gasteiger partial charge on any atom is 0.315 e. The zero-order valence-corrected chi connectivity index (χ0v) is 10.1. The average Bonchev–Trinajstić information content (AvgIpc) is 2.75. The number of phenolic OH excluding ortho intramolecular Hbond substituents is 1. The molecule has 0 saturated heterocycles. The third-order valence-electron chi connectivity index (χ3n) is 2.79. The molecular weight excluding hydrogens is 238 g/mol. The molecular formula is C11H13N3O4. The van der Waals surface area contributed by atoms with E-state index in [4.69, 9.17) is 4.74 Å². The van der Waals surface area contributed by atoms with E-state index in [-0.39, 0.29) is 11.4 Å². The van der Waals surface area contributed by atoms with Gasteiger partial charge in [0.15, 0.2) is 5.75 Å². The minimum atomic E-state index is -0.642. The molecule has 7 heteroatoms. The van der Waals surface area contributed by atoms with Crippen molar-refractivity contribution in [1.29, 1.82) is 0 Å². The van der Waals surface area contributed by atoms with Crippen LogP contribution in [0.25, 0.3) is 0 Å². The predicted molar refractivity (Wildman–Crippen MR) is 65.3 cm³/mol.